The minimum Gasteiger partial charge on any atom is -0.381 e. The van der Waals surface area contributed by atoms with Gasteiger partial charge in [0.15, 0.2) is 0 Å². The summed E-state index contributed by atoms with van der Waals surface area (Å²) in [5, 5.41) is 0. The zero-order valence-electron chi connectivity index (χ0n) is 12.6. The SMILES string of the molecule is CC(C)CCOCCC1CC(C(C)C)CCC1=O. The number of ketones is 1. The molecule has 1 fully saturated rings. The van der Waals surface area contributed by atoms with Gasteiger partial charge in [0.25, 0.3) is 0 Å². The molecule has 2 atom stereocenters. The molecular formula is C16H30O2. The van der Waals surface area contributed by atoms with Crippen molar-refractivity contribution in [3.63, 3.8) is 0 Å². The smallest absolute Gasteiger partial charge is 0.136 e. The van der Waals surface area contributed by atoms with Gasteiger partial charge in [-0.15, -0.1) is 0 Å². The fraction of sp³-hybridized carbons (Fsp3) is 0.938. The molecule has 106 valence electrons. The maximum Gasteiger partial charge on any atom is 0.136 e. The maximum absolute atomic E-state index is 11.9. The summed E-state index contributed by atoms with van der Waals surface area (Å²) in [4.78, 5) is 11.9. The maximum atomic E-state index is 11.9. The predicted octanol–water partition coefficient (Wildman–Crippen LogP) is 4.08. The molecule has 1 aliphatic carbocycles. The van der Waals surface area contributed by atoms with E-state index >= 15 is 0 Å². The van der Waals surface area contributed by atoms with Crippen molar-refractivity contribution in [2.24, 2.45) is 23.7 Å². The molecule has 1 rings (SSSR count). The molecule has 0 aromatic heterocycles. The Morgan fingerprint density at radius 2 is 1.94 bits per heavy atom. The molecule has 2 unspecified atom stereocenters. The number of carbonyl (C=O) groups excluding carboxylic acids is 1. The van der Waals surface area contributed by atoms with Gasteiger partial charge >= 0.3 is 0 Å². The van der Waals surface area contributed by atoms with Crippen molar-refractivity contribution in [1.82, 2.24) is 0 Å². The summed E-state index contributed by atoms with van der Waals surface area (Å²) in [6, 6.07) is 0. The fourth-order valence-corrected chi connectivity index (χ4v) is 2.68. The average molecular weight is 254 g/mol. The molecule has 0 aliphatic heterocycles. The van der Waals surface area contributed by atoms with E-state index in [9.17, 15) is 4.79 Å². The third-order valence-corrected chi connectivity index (χ3v) is 4.20. The first-order valence-electron chi connectivity index (χ1n) is 7.61. The topological polar surface area (TPSA) is 26.3 Å². The summed E-state index contributed by atoms with van der Waals surface area (Å²) < 4.78 is 5.64. The molecular weight excluding hydrogens is 224 g/mol. The highest BCUT2D eigenvalue weighted by atomic mass is 16.5. The van der Waals surface area contributed by atoms with Crippen molar-refractivity contribution >= 4 is 5.78 Å². The number of Topliss-reactive ketones (excluding diaryl/α,β-unsaturated/α-hetero) is 1. The van der Waals surface area contributed by atoms with Crippen LogP contribution >= 0.6 is 0 Å². The van der Waals surface area contributed by atoms with Crippen LogP contribution in [0.4, 0.5) is 0 Å². The summed E-state index contributed by atoms with van der Waals surface area (Å²) in [5.41, 5.74) is 0. The zero-order valence-corrected chi connectivity index (χ0v) is 12.6. The molecule has 0 spiro atoms. The van der Waals surface area contributed by atoms with Crippen LogP contribution in [0.15, 0.2) is 0 Å². The van der Waals surface area contributed by atoms with Crippen molar-refractivity contribution in [1.29, 1.82) is 0 Å². The number of rotatable bonds is 7. The standard InChI is InChI=1S/C16H30O2/c1-12(2)7-9-18-10-8-15-11-14(13(3)4)5-6-16(15)17/h12-15H,5-11H2,1-4H3. The third-order valence-electron chi connectivity index (χ3n) is 4.20. The Hall–Kier alpha value is -0.370. The van der Waals surface area contributed by atoms with Crippen LogP contribution in [0.2, 0.25) is 0 Å². The minimum atomic E-state index is 0.269. The van der Waals surface area contributed by atoms with E-state index in [-0.39, 0.29) is 5.92 Å². The Kier molecular flexibility index (Phi) is 6.91. The van der Waals surface area contributed by atoms with Gasteiger partial charge in [0, 0.05) is 25.6 Å². The molecule has 0 N–H and O–H groups in total. The van der Waals surface area contributed by atoms with Crippen LogP contribution in [0.1, 0.15) is 59.8 Å². The van der Waals surface area contributed by atoms with E-state index in [1.807, 2.05) is 0 Å². The molecule has 1 saturated carbocycles. The molecule has 18 heavy (non-hydrogen) atoms. The molecule has 0 amide bonds. The second-order valence-electron chi connectivity index (χ2n) is 6.53. The van der Waals surface area contributed by atoms with Crippen LogP contribution in [-0.4, -0.2) is 19.0 Å². The van der Waals surface area contributed by atoms with Gasteiger partial charge < -0.3 is 4.74 Å². The van der Waals surface area contributed by atoms with Crippen molar-refractivity contribution in [3.8, 4) is 0 Å². The predicted molar refractivity (Wildman–Crippen MR) is 75.6 cm³/mol. The molecule has 1 aliphatic rings. The summed E-state index contributed by atoms with van der Waals surface area (Å²) in [7, 11) is 0. The van der Waals surface area contributed by atoms with E-state index in [0.29, 0.717) is 17.6 Å². The van der Waals surface area contributed by atoms with Gasteiger partial charge in [-0.3, -0.25) is 4.79 Å². The Morgan fingerprint density at radius 1 is 1.22 bits per heavy atom. The lowest BCUT2D eigenvalue weighted by Gasteiger charge is -2.30. The first-order chi connectivity index (χ1) is 8.50. The lowest BCUT2D eigenvalue weighted by molar-refractivity contribution is -0.126. The molecule has 0 aromatic carbocycles. The van der Waals surface area contributed by atoms with E-state index < -0.39 is 0 Å². The molecule has 0 radical (unpaired) electrons. The van der Waals surface area contributed by atoms with Gasteiger partial charge in [0.1, 0.15) is 5.78 Å². The first-order valence-corrected chi connectivity index (χ1v) is 7.61. The van der Waals surface area contributed by atoms with Crippen molar-refractivity contribution in [2.45, 2.75) is 59.8 Å². The van der Waals surface area contributed by atoms with Gasteiger partial charge in [-0.2, -0.15) is 0 Å². The summed E-state index contributed by atoms with van der Waals surface area (Å²) in [5.74, 6) is 2.89. The van der Waals surface area contributed by atoms with Crippen molar-refractivity contribution in [3.05, 3.63) is 0 Å². The van der Waals surface area contributed by atoms with Crippen LogP contribution in [0.25, 0.3) is 0 Å². The number of carbonyl (C=O) groups is 1. The molecule has 2 heteroatoms. The van der Waals surface area contributed by atoms with E-state index in [1.54, 1.807) is 0 Å². The highest BCUT2D eigenvalue weighted by Crippen LogP contribution is 2.33. The third kappa shape index (κ3) is 5.51. The average Bonchev–Trinajstić information content (AvgIpc) is 2.30. The van der Waals surface area contributed by atoms with Crippen LogP contribution in [0, 0.1) is 23.7 Å². The summed E-state index contributed by atoms with van der Waals surface area (Å²) >= 11 is 0. The Morgan fingerprint density at radius 3 is 2.56 bits per heavy atom. The van der Waals surface area contributed by atoms with E-state index in [2.05, 4.69) is 27.7 Å². The second-order valence-corrected chi connectivity index (χ2v) is 6.53. The summed E-state index contributed by atoms with van der Waals surface area (Å²) in [6.07, 6.45) is 5.03. The molecule has 0 bridgehead atoms. The quantitative estimate of drug-likeness (QED) is 0.640. The van der Waals surface area contributed by atoms with Gasteiger partial charge in [-0.1, -0.05) is 27.7 Å². The Balaban J connectivity index is 2.21. The number of ether oxygens (including phenoxy) is 1. The first kappa shape index (κ1) is 15.7. The zero-order chi connectivity index (χ0) is 13.5. The fourth-order valence-electron chi connectivity index (χ4n) is 2.68. The lowest BCUT2D eigenvalue weighted by atomic mass is 9.74. The number of hydrogen-bond acceptors (Lipinski definition) is 2. The second kappa shape index (κ2) is 7.93. The Bertz CT molecular complexity index is 245. The van der Waals surface area contributed by atoms with Crippen LogP contribution in [0.3, 0.4) is 0 Å². The molecule has 0 saturated heterocycles. The van der Waals surface area contributed by atoms with Crippen LogP contribution in [0.5, 0.6) is 0 Å². The van der Waals surface area contributed by atoms with Crippen LogP contribution in [-0.2, 0) is 9.53 Å². The normalized spacial score (nSPS) is 25.1. The van der Waals surface area contributed by atoms with Gasteiger partial charge in [0.05, 0.1) is 0 Å². The lowest BCUT2D eigenvalue weighted by Crippen LogP contribution is -2.28. The Labute approximate surface area is 112 Å². The summed E-state index contributed by atoms with van der Waals surface area (Å²) in [6.45, 7) is 10.6. The van der Waals surface area contributed by atoms with E-state index in [4.69, 9.17) is 4.74 Å². The van der Waals surface area contributed by atoms with E-state index in [1.165, 1.54) is 0 Å². The van der Waals surface area contributed by atoms with Gasteiger partial charge in [-0.25, -0.2) is 0 Å². The monoisotopic (exact) mass is 254 g/mol. The van der Waals surface area contributed by atoms with Crippen molar-refractivity contribution in [2.75, 3.05) is 13.2 Å². The van der Waals surface area contributed by atoms with Gasteiger partial charge in [-0.05, 0) is 43.4 Å². The van der Waals surface area contributed by atoms with Gasteiger partial charge in [0.2, 0.25) is 0 Å². The molecule has 0 heterocycles. The molecule has 2 nitrogen and oxygen atoms in total. The van der Waals surface area contributed by atoms with Crippen molar-refractivity contribution < 1.29 is 9.53 Å². The highest BCUT2D eigenvalue weighted by molar-refractivity contribution is 5.81. The molecule has 0 aromatic rings. The number of hydrogen-bond donors (Lipinski definition) is 0. The van der Waals surface area contributed by atoms with Crippen LogP contribution < -0.4 is 0 Å². The highest BCUT2D eigenvalue weighted by Gasteiger charge is 2.29. The largest absolute Gasteiger partial charge is 0.381 e. The van der Waals surface area contributed by atoms with E-state index in [0.717, 1.165) is 51.2 Å². The minimum absolute atomic E-state index is 0.269.